The van der Waals surface area contributed by atoms with Crippen molar-refractivity contribution in [3.63, 3.8) is 0 Å². The molecule has 5 nitrogen and oxygen atoms in total. The molecular formula is C16H19N3O2. The minimum absolute atomic E-state index is 0.0819. The average Bonchev–Trinajstić information content (AvgIpc) is 2.48. The highest BCUT2D eigenvalue weighted by Gasteiger charge is 2.12. The molecule has 5 heteroatoms. The van der Waals surface area contributed by atoms with E-state index in [1.54, 1.807) is 30.3 Å². The molecule has 0 aliphatic carbocycles. The van der Waals surface area contributed by atoms with Crippen LogP contribution in [-0.4, -0.2) is 29.8 Å². The molecule has 1 rings (SSSR count). The van der Waals surface area contributed by atoms with E-state index in [9.17, 15) is 9.59 Å². The Morgan fingerprint density at radius 1 is 1.43 bits per heavy atom. The summed E-state index contributed by atoms with van der Waals surface area (Å²) in [5.41, 5.74) is 6.45. The Balaban J connectivity index is 2.76. The van der Waals surface area contributed by atoms with Gasteiger partial charge in [-0.3, -0.25) is 9.59 Å². The van der Waals surface area contributed by atoms with Gasteiger partial charge >= 0.3 is 0 Å². The third kappa shape index (κ3) is 5.91. The van der Waals surface area contributed by atoms with Crippen molar-refractivity contribution in [3.8, 4) is 6.07 Å². The zero-order chi connectivity index (χ0) is 15.7. The molecule has 0 unspecified atom stereocenters. The highest BCUT2D eigenvalue weighted by Crippen LogP contribution is 2.07. The number of carbonyl (C=O) groups is 2. The highest BCUT2D eigenvalue weighted by atomic mass is 16.2. The molecule has 110 valence electrons. The summed E-state index contributed by atoms with van der Waals surface area (Å²) in [6.45, 7) is 2.43. The minimum atomic E-state index is -0.528. The van der Waals surface area contributed by atoms with E-state index in [-0.39, 0.29) is 12.5 Å². The van der Waals surface area contributed by atoms with E-state index >= 15 is 0 Å². The lowest BCUT2D eigenvalue weighted by Gasteiger charge is -2.18. The van der Waals surface area contributed by atoms with Gasteiger partial charge in [-0.1, -0.05) is 25.5 Å². The predicted octanol–water partition coefficient (Wildman–Crippen LogP) is 1.69. The molecule has 21 heavy (non-hydrogen) atoms. The van der Waals surface area contributed by atoms with E-state index in [0.717, 1.165) is 18.4 Å². The van der Waals surface area contributed by atoms with Gasteiger partial charge in [0, 0.05) is 12.6 Å². The average molecular weight is 285 g/mol. The fourth-order valence-electron chi connectivity index (χ4n) is 1.79. The van der Waals surface area contributed by atoms with Gasteiger partial charge in [-0.05, 0) is 30.2 Å². The number of hydrogen-bond acceptors (Lipinski definition) is 3. The number of nitrogens with zero attached hydrogens (tertiary/aromatic N) is 2. The van der Waals surface area contributed by atoms with Crippen molar-refractivity contribution in [1.29, 1.82) is 5.26 Å². The number of nitriles is 1. The zero-order valence-corrected chi connectivity index (χ0v) is 12.1. The third-order valence-electron chi connectivity index (χ3n) is 2.87. The molecule has 2 amide bonds. The second-order valence-electron chi connectivity index (χ2n) is 4.65. The number of amides is 2. The van der Waals surface area contributed by atoms with E-state index in [1.807, 2.05) is 13.0 Å². The molecule has 2 N–H and O–H groups in total. The number of hydrogen-bond donors (Lipinski definition) is 1. The number of benzene rings is 1. The Morgan fingerprint density at radius 2 is 2.19 bits per heavy atom. The topological polar surface area (TPSA) is 87.2 Å². The van der Waals surface area contributed by atoms with Gasteiger partial charge in [-0.2, -0.15) is 5.26 Å². The summed E-state index contributed by atoms with van der Waals surface area (Å²) in [4.78, 5) is 24.5. The quantitative estimate of drug-likeness (QED) is 0.773. The molecule has 0 aromatic heterocycles. The van der Waals surface area contributed by atoms with Gasteiger partial charge < -0.3 is 10.6 Å². The summed E-state index contributed by atoms with van der Waals surface area (Å²) in [5.74, 6) is -0.788. The lowest BCUT2D eigenvalue weighted by molar-refractivity contribution is -0.131. The van der Waals surface area contributed by atoms with E-state index in [4.69, 9.17) is 11.0 Å². The predicted molar refractivity (Wildman–Crippen MR) is 80.9 cm³/mol. The number of nitrogens with two attached hydrogens (primary N) is 1. The van der Waals surface area contributed by atoms with Gasteiger partial charge in [0.1, 0.15) is 0 Å². The van der Waals surface area contributed by atoms with Crippen LogP contribution in [0.25, 0.3) is 6.08 Å². The van der Waals surface area contributed by atoms with Gasteiger partial charge in [0.15, 0.2) is 0 Å². The zero-order valence-electron chi connectivity index (χ0n) is 12.1. The molecule has 0 saturated carbocycles. The third-order valence-corrected chi connectivity index (χ3v) is 2.87. The van der Waals surface area contributed by atoms with Crippen molar-refractivity contribution in [2.75, 3.05) is 13.1 Å². The fraction of sp³-hybridized carbons (Fsp3) is 0.312. The van der Waals surface area contributed by atoms with E-state index in [2.05, 4.69) is 0 Å². The largest absolute Gasteiger partial charge is 0.368 e. The van der Waals surface area contributed by atoms with E-state index in [1.165, 1.54) is 11.0 Å². The highest BCUT2D eigenvalue weighted by molar-refractivity contribution is 5.94. The standard InChI is InChI=1S/C16H19N3O2/c1-2-3-9-19(12-15(18)20)16(21)8-7-13-5-4-6-14(10-13)11-17/h4-8,10H,2-3,9,12H2,1H3,(H2,18,20)/b8-7-. The molecule has 0 bridgehead atoms. The van der Waals surface area contributed by atoms with Crippen LogP contribution in [0, 0.1) is 11.3 Å². The van der Waals surface area contributed by atoms with Crippen molar-refractivity contribution < 1.29 is 9.59 Å². The van der Waals surface area contributed by atoms with Gasteiger partial charge in [-0.15, -0.1) is 0 Å². The molecule has 0 fully saturated rings. The Hall–Kier alpha value is -2.61. The van der Waals surface area contributed by atoms with Gasteiger partial charge in [-0.25, -0.2) is 0 Å². The number of unbranched alkanes of at least 4 members (excludes halogenated alkanes) is 1. The summed E-state index contributed by atoms with van der Waals surface area (Å²) in [6, 6.07) is 8.98. The van der Waals surface area contributed by atoms with Crippen LogP contribution in [-0.2, 0) is 9.59 Å². The molecule has 0 saturated heterocycles. The molecule has 0 heterocycles. The second kappa shape index (κ2) is 8.54. The van der Waals surface area contributed by atoms with Crippen LogP contribution in [0.5, 0.6) is 0 Å². The molecular weight excluding hydrogens is 266 g/mol. The van der Waals surface area contributed by atoms with E-state index in [0.29, 0.717) is 12.1 Å². The first-order valence-corrected chi connectivity index (χ1v) is 6.82. The smallest absolute Gasteiger partial charge is 0.247 e. The van der Waals surface area contributed by atoms with Crippen molar-refractivity contribution in [2.45, 2.75) is 19.8 Å². The van der Waals surface area contributed by atoms with Crippen LogP contribution in [0.1, 0.15) is 30.9 Å². The number of primary amides is 1. The van der Waals surface area contributed by atoms with Crippen LogP contribution in [0.4, 0.5) is 0 Å². The summed E-state index contributed by atoms with van der Waals surface area (Å²) in [5, 5.41) is 8.82. The summed E-state index contributed by atoms with van der Waals surface area (Å²) >= 11 is 0. The van der Waals surface area contributed by atoms with Gasteiger partial charge in [0.2, 0.25) is 11.8 Å². The first kappa shape index (κ1) is 16.4. The summed E-state index contributed by atoms with van der Waals surface area (Å²) in [6.07, 6.45) is 4.77. The maximum Gasteiger partial charge on any atom is 0.247 e. The Kier molecular flexibility index (Phi) is 6.69. The van der Waals surface area contributed by atoms with Crippen LogP contribution < -0.4 is 5.73 Å². The Morgan fingerprint density at radius 3 is 2.81 bits per heavy atom. The molecule has 0 aliphatic rings. The Labute approximate surface area is 124 Å². The first-order chi connectivity index (χ1) is 10.1. The van der Waals surface area contributed by atoms with Crippen LogP contribution in [0.2, 0.25) is 0 Å². The molecule has 0 atom stereocenters. The normalized spacial score (nSPS) is 10.3. The van der Waals surface area contributed by atoms with Gasteiger partial charge in [0.25, 0.3) is 0 Å². The molecule has 0 radical (unpaired) electrons. The lowest BCUT2D eigenvalue weighted by Crippen LogP contribution is -2.38. The molecule has 0 aliphatic heterocycles. The van der Waals surface area contributed by atoms with Crippen molar-refractivity contribution in [2.24, 2.45) is 5.73 Å². The fourth-order valence-corrected chi connectivity index (χ4v) is 1.79. The van der Waals surface area contributed by atoms with E-state index < -0.39 is 5.91 Å². The SMILES string of the molecule is CCCCN(CC(N)=O)C(=O)/C=C\c1cccc(C#N)c1. The second-order valence-corrected chi connectivity index (χ2v) is 4.65. The maximum absolute atomic E-state index is 12.1. The molecule has 0 spiro atoms. The van der Waals surface area contributed by atoms with Crippen LogP contribution >= 0.6 is 0 Å². The van der Waals surface area contributed by atoms with Gasteiger partial charge in [0.05, 0.1) is 18.2 Å². The van der Waals surface area contributed by atoms with Crippen LogP contribution in [0.3, 0.4) is 0 Å². The summed E-state index contributed by atoms with van der Waals surface area (Å²) < 4.78 is 0. The van der Waals surface area contributed by atoms with Crippen molar-refractivity contribution >= 4 is 17.9 Å². The van der Waals surface area contributed by atoms with Crippen molar-refractivity contribution in [3.05, 3.63) is 41.5 Å². The lowest BCUT2D eigenvalue weighted by atomic mass is 10.1. The molecule has 1 aromatic carbocycles. The van der Waals surface area contributed by atoms with Crippen molar-refractivity contribution in [1.82, 2.24) is 4.90 Å². The maximum atomic E-state index is 12.1. The first-order valence-electron chi connectivity index (χ1n) is 6.82. The number of rotatable bonds is 7. The molecule has 1 aromatic rings. The number of carbonyl (C=O) groups excluding carboxylic acids is 2. The van der Waals surface area contributed by atoms with Crippen LogP contribution in [0.15, 0.2) is 30.3 Å². The monoisotopic (exact) mass is 285 g/mol. The summed E-state index contributed by atoms with van der Waals surface area (Å²) in [7, 11) is 0. The Bertz CT molecular complexity index is 573. The minimum Gasteiger partial charge on any atom is -0.368 e.